The Kier molecular flexibility index (Phi) is 2.94. The summed E-state index contributed by atoms with van der Waals surface area (Å²) >= 11 is 0. The largest absolute Gasteiger partial charge is 0.374 e. The molecule has 1 aromatic carbocycles. The highest BCUT2D eigenvalue weighted by molar-refractivity contribution is 5.58. The van der Waals surface area contributed by atoms with Crippen LogP contribution < -0.4 is 4.90 Å². The lowest BCUT2D eigenvalue weighted by molar-refractivity contribution is 0.218. The van der Waals surface area contributed by atoms with E-state index in [-0.39, 0.29) is 0 Å². The summed E-state index contributed by atoms with van der Waals surface area (Å²) in [4.78, 5) is 4.72. The van der Waals surface area contributed by atoms with E-state index < -0.39 is 0 Å². The third kappa shape index (κ3) is 1.82. The quantitative estimate of drug-likeness (QED) is 0.715. The average Bonchev–Trinajstić information content (AvgIpc) is 2.15. The number of benzene rings is 1. The monoisotopic (exact) mass is 218 g/mol. The number of nitrogens with zero attached hydrogens (tertiary/aromatic N) is 2. The van der Waals surface area contributed by atoms with Crippen LogP contribution in [0, 0.1) is 12.8 Å². The fourth-order valence-electron chi connectivity index (χ4n) is 2.98. The lowest BCUT2D eigenvalue weighted by Crippen LogP contribution is -2.39. The summed E-state index contributed by atoms with van der Waals surface area (Å²) in [6.07, 6.45) is 0. The van der Waals surface area contributed by atoms with Crippen LogP contribution in [0.2, 0.25) is 0 Å². The van der Waals surface area contributed by atoms with Crippen molar-refractivity contribution in [3.05, 3.63) is 29.3 Å². The van der Waals surface area contributed by atoms with Crippen molar-refractivity contribution in [3.8, 4) is 0 Å². The van der Waals surface area contributed by atoms with Crippen LogP contribution in [-0.2, 0) is 0 Å². The first-order valence-corrected chi connectivity index (χ1v) is 5.99. The van der Waals surface area contributed by atoms with Crippen LogP contribution in [0.5, 0.6) is 0 Å². The van der Waals surface area contributed by atoms with Crippen molar-refractivity contribution in [2.45, 2.75) is 19.9 Å². The Hall–Kier alpha value is -1.02. The van der Waals surface area contributed by atoms with E-state index in [2.05, 4.69) is 63.0 Å². The molecule has 0 saturated carbocycles. The van der Waals surface area contributed by atoms with Gasteiger partial charge in [0.25, 0.3) is 0 Å². The highest BCUT2D eigenvalue weighted by Gasteiger charge is 2.30. The van der Waals surface area contributed by atoms with Crippen molar-refractivity contribution in [2.24, 2.45) is 5.92 Å². The van der Waals surface area contributed by atoms with E-state index in [1.165, 1.54) is 16.8 Å². The van der Waals surface area contributed by atoms with E-state index in [1.54, 1.807) is 0 Å². The van der Waals surface area contributed by atoms with Crippen molar-refractivity contribution in [3.63, 3.8) is 0 Å². The molecule has 1 aromatic rings. The van der Waals surface area contributed by atoms with Crippen molar-refractivity contribution < 1.29 is 0 Å². The van der Waals surface area contributed by atoms with Crippen molar-refractivity contribution in [1.82, 2.24) is 4.90 Å². The van der Waals surface area contributed by atoms with Crippen LogP contribution >= 0.6 is 0 Å². The first kappa shape index (κ1) is 11.5. The zero-order valence-electron chi connectivity index (χ0n) is 11.0. The Morgan fingerprint density at radius 1 is 1.31 bits per heavy atom. The summed E-state index contributed by atoms with van der Waals surface area (Å²) in [6.45, 7) is 5.65. The Morgan fingerprint density at radius 2 is 2.00 bits per heavy atom. The Morgan fingerprint density at radius 3 is 2.62 bits per heavy atom. The number of fused-ring (bicyclic) bond motifs is 1. The molecule has 0 aromatic heterocycles. The maximum absolute atomic E-state index is 2.37. The van der Waals surface area contributed by atoms with Crippen LogP contribution in [0.25, 0.3) is 0 Å². The number of hydrogen-bond donors (Lipinski definition) is 0. The summed E-state index contributed by atoms with van der Waals surface area (Å²) in [5.41, 5.74) is 4.22. The molecule has 2 unspecified atom stereocenters. The maximum Gasteiger partial charge on any atom is 0.0412 e. The smallest absolute Gasteiger partial charge is 0.0412 e. The molecule has 0 N–H and O–H groups in total. The van der Waals surface area contributed by atoms with Gasteiger partial charge in [-0.2, -0.15) is 0 Å². The first-order valence-electron chi connectivity index (χ1n) is 5.99. The van der Waals surface area contributed by atoms with E-state index in [0.29, 0.717) is 12.0 Å². The van der Waals surface area contributed by atoms with Gasteiger partial charge < -0.3 is 9.80 Å². The molecule has 88 valence electrons. The molecule has 0 radical (unpaired) electrons. The molecule has 0 bridgehead atoms. The van der Waals surface area contributed by atoms with Crippen molar-refractivity contribution in [2.75, 3.05) is 32.6 Å². The van der Waals surface area contributed by atoms with E-state index >= 15 is 0 Å². The van der Waals surface area contributed by atoms with Crippen LogP contribution in [0.3, 0.4) is 0 Å². The van der Waals surface area contributed by atoms with Crippen molar-refractivity contribution in [1.29, 1.82) is 0 Å². The highest BCUT2D eigenvalue weighted by Crippen LogP contribution is 2.39. The zero-order valence-corrected chi connectivity index (χ0v) is 11.0. The zero-order chi connectivity index (χ0) is 11.9. The third-order valence-corrected chi connectivity index (χ3v) is 3.57. The van der Waals surface area contributed by atoms with Gasteiger partial charge in [0.1, 0.15) is 0 Å². The van der Waals surface area contributed by atoms with Gasteiger partial charge in [0.2, 0.25) is 0 Å². The molecule has 2 rings (SSSR count). The molecule has 0 fully saturated rings. The van der Waals surface area contributed by atoms with Crippen LogP contribution in [0.1, 0.15) is 24.1 Å². The summed E-state index contributed by atoms with van der Waals surface area (Å²) < 4.78 is 0. The van der Waals surface area contributed by atoms with Gasteiger partial charge in [-0.3, -0.25) is 0 Å². The molecular weight excluding hydrogens is 196 g/mol. The summed E-state index contributed by atoms with van der Waals surface area (Å²) in [7, 11) is 6.55. The van der Waals surface area contributed by atoms with E-state index in [0.717, 1.165) is 6.54 Å². The minimum Gasteiger partial charge on any atom is -0.374 e. The van der Waals surface area contributed by atoms with Gasteiger partial charge in [0, 0.05) is 25.3 Å². The molecule has 2 atom stereocenters. The van der Waals surface area contributed by atoms with E-state index in [9.17, 15) is 0 Å². The second-order valence-corrected chi connectivity index (χ2v) is 5.33. The van der Waals surface area contributed by atoms with Crippen LogP contribution in [-0.4, -0.2) is 32.6 Å². The van der Waals surface area contributed by atoms with E-state index in [4.69, 9.17) is 0 Å². The number of rotatable bonds is 1. The number of anilines is 1. The number of hydrogen-bond acceptors (Lipinski definition) is 2. The molecule has 1 heterocycles. The third-order valence-electron chi connectivity index (χ3n) is 3.57. The molecule has 0 aliphatic carbocycles. The Balaban J connectivity index is 2.51. The Bertz CT molecular complexity index is 384. The highest BCUT2D eigenvalue weighted by atomic mass is 15.2. The van der Waals surface area contributed by atoms with Gasteiger partial charge in [-0.05, 0) is 38.6 Å². The fourth-order valence-corrected chi connectivity index (χ4v) is 2.98. The predicted molar refractivity (Wildman–Crippen MR) is 70.0 cm³/mol. The topological polar surface area (TPSA) is 6.48 Å². The van der Waals surface area contributed by atoms with Crippen molar-refractivity contribution >= 4 is 5.69 Å². The summed E-state index contributed by atoms with van der Waals surface area (Å²) in [6, 6.07) is 7.35. The molecule has 1 aliphatic rings. The average molecular weight is 218 g/mol. The number of aryl methyl sites for hydroxylation is 1. The minimum absolute atomic E-state index is 0.547. The molecule has 0 amide bonds. The van der Waals surface area contributed by atoms with Gasteiger partial charge in [0.05, 0.1) is 0 Å². The molecular formula is C14H22N2. The minimum atomic E-state index is 0.547. The first-order chi connectivity index (χ1) is 7.50. The maximum atomic E-state index is 2.37. The van der Waals surface area contributed by atoms with Crippen LogP contribution in [0.4, 0.5) is 5.69 Å². The molecule has 0 spiro atoms. The Labute approximate surface area is 98.9 Å². The molecule has 0 saturated heterocycles. The second kappa shape index (κ2) is 4.10. The lowest BCUT2D eigenvalue weighted by atomic mass is 9.87. The van der Waals surface area contributed by atoms with Crippen LogP contribution in [0.15, 0.2) is 18.2 Å². The van der Waals surface area contributed by atoms with Gasteiger partial charge in [0.15, 0.2) is 0 Å². The fraction of sp³-hybridized carbons (Fsp3) is 0.571. The van der Waals surface area contributed by atoms with Gasteiger partial charge >= 0.3 is 0 Å². The van der Waals surface area contributed by atoms with Gasteiger partial charge in [-0.1, -0.05) is 24.6 Å². The van der Waals surface area contributed by atoms with E-state index in [1.807, 2.05) is 0 Å². The molecule has 16 heavy (non-hydrogen) atoms. The SMILES string of the molecule is Cc1ccc2c(c1)C(N(C)C)C(C)CN2C. The lowest BCUT2D eigenvalue weighted by Gasteiger charge is -2.41. The van der Waals surface area contributed by atoms with Gasteiger partial charge in [-0.25, -0.2) is 0 Å². The molecule has 2 nitrogen and oxygen atoms in total. The van der Waals surface area contributed by atoms with Gasteiger partial charge in [-0.15, -0.1) is 0 Å². The summed E-state index contributed by atoms with van der Waals surface area (Å²) in [5.74, 6) is 0.675. The predicted octanol–water partition coefficient (Wildman–Crippen LogP) is 2.68. The standard InChI is InChI=1S/C14H22N2/c1-10-6-7-13-12(8-10)14(15(3)4)11(2)9-16(13)5/h6-8,11,14H,9H2,1-5H3. The normalized spacial score (nSPS) is 24.8. The second-order valence-electron chi connectivity index (χ2n) is 5.33. The molecule has 1 aliphatic heterocycles. The summed E-state index contributed by atoms with van der Waals surface area (Å²) in [5, 5.41) is 0. The molecule has 2 heteroatoms.